The van der Waals surface area contributed by atoms with E-state index >= 15 is 0 Å². The molecule has 1 fully saturated rings. The fourth-order valence-electron chi connectivity index (χ4n) is 2.89. The monoisotopic (exact) mass is 332 g/mol. The molecule has 2 aromatic rings. The van der Waals surface area contributed by atoms with Crippen molar-refractivity contribution >= 4 is 11.6 Å². The summed E-state index contributed by atoms with van der Waals surface area (Å²) in [4.78, 5) is 14.3. The summed E-state index contributed by atoms with van der Waals surface area (Å²) in [6, 6.07) is 9.41. The average molecular weight is 332 g/mol. The summed E-state index contributed by atoms with van der Waals surface area (Å²) in [5.74, 6) is -0.288. The molecule has 3 rings (SSSR count). The van der Waals surface area contributed by atoms with Gasteiger partial charge < -0.3 is 15.3 Å². The Kier molecular flexibility index (Phi) is 5.10. The highest BCUT2D eigenvalue weighted by molar-refractivity contribution is 5.92. The van der Waals surface area contributed by atoms with E-state index in [1.165, 1.54) is 4.68 Å². The second-order valence-electron chi connectivity index (χ2n) is 5.85. The molecule has 1 amide bonds. The summed E-state index contributed by atoms with van der Waals surface area (Å²) >= 11 is 0. The molecule has 1 aromatic carbocycles. The van der Waals surface area contributed by atoms with E-state index in [0.29, 0.717) is 13.1 Å². The number of amides is 1. The van der Waals surface area contributed by atoms with Gasteiger partial charge in [0.2, 0.25) is 0 Å². The molecule has 0 saturated carbocycles. The SMILES string of the molecule is O=C(NCc1ccccc1N1CC[C@@H](O)C1)c1ccn(CCF)n1. The number of aliphatic hydroxyl groups excluding tert-OH is 1. The first-order valence-electron chi connectivity index (χ1n) is 8.06. The lowest BCUT2D eigenvalue weighted by Gasteiger charge is -2.21. The summed E-state index contributed by atoms with van der Waals surface area (Å²) in [5.41, 5.74) is 2.29. The molecule has 1 aliphatic rings. The van der Waals surface area contributed by atoms with Crippen LogP contribution in [-0.2, 0) is 13.1 Å². The van der Waals surface area contributed by atoms with Gasteiger partial charge in [0, 0.05) is 31.5 Å². The fourth-order valence-corrected chi connectivity index (χ4v) is 2.89. The number of carbonyl (C=O) groups is 1. The lowest BCUT2D eigenvalue weighted by atomic mass is 10.1. The van der Waals surface area contributed by atoms with E-state index in [-0.39, 0.29) is 24.2 Å². The number of carbonyl (C=O) groups excluding carboxylic acids is 1. The Bertz CT molecular complexity index is 703. The largest absolute Gasteiger partial charge is 0.391 e. The molecule has 0 bridgehead atoms. The molecule has 1 saturated heterocycles. The first-order chi connectivity index (χ1) is 11.7. The van der Waals surface area contributed by atoms with Crippen molar-refractivity contribution in [2.75, 3.05) is 24.7 Å². The maximum Gasteiger partial charge on any atom is 0.272 e. The van der Waals surface area contributed by atoms with Gasteiger partial charge in [0.15, 0.2) is 0 Å². The van der Waals surface area contributed by atoms with Gasteiger partial charge in [-0.25, -0.2) is 4.39 Å². The van der Waals surface area contributed by atoms with Crippen molar-refractivity contribution < 1.29 is 14.3 Å². The van der Waals surface area contributed by atoms with Crippen molar-refractivity contribution in [2.24, 2.45) is 0 Å². The summed E-state index contributed by atoms with van der Waals surface area (Å²) in [7, 11) is 0. The molecule has 2 heterocycles. The molecular formula is C17H21FN4O2. The summed E-state index contributed by atoms with van der Waals surface area (Å²) in [6.45, 7) is 1.42. The van der Waals surface area contributed by atoms with Gasteiger partial charge in [-0.15, -0.1) is 0 Å². The number of hydrogen-bond donors (Lipinski definition) is 2. The third-order valence-electron chi connectivity index (χ3n) is 4.12. The molecule has 0 radical (unpaired) electrons. The van der Waals surface area contributed by atoms with Crippen LogP contribution in [0, 0.1) is 0 Å². The first-order valence-corrected chi connectivity index (χ1v) is 8.06. The van der Waals surface area contributed by atoms with Gasteiger partial charge in [0.25, 0.3) is 5.91 Å². The van der Waals surface area contributed by atoms with E-state index in [9.17, 15) is 14.3 Å². The number of benzene rings is 1. The molecule has 1 aliphatic heterocycles. The average Bonchev–Trinajstić information content (AvgIpc) is 3.22. The molecule has 6 nitrogen and oxygen atoms in total. The number of halogens is 1. The van der Waals surface area contributed by atoms with Crippen LogP contribution < -0.4 is 10.2 Å². The molecule has 2 N–H and O–H groups in total. The van der Waals surface area contributed by atoms with E-state index in [0.717, 1.165) is 24.2 Å². The van der Waals surface area contributed by atoms with Gasteiger partial charge in [0.05, 0.1) is 12.6 Å². The molecule has 0 aliphatic carbocycles. The highest BCUT2D eigenvalue weighted by Gasteiger charge is 2.22. The summed E-state index contributed by atoms with van der Waals surface area (Å²) in [5, 5.41) is 16.6. The fraction of sp³-hybridized carbons (Fsp3) is 0.412. The second kappa shape index (κ2) is 7.44. The molecule has 0 unspecified atom stereocenters. The lowest BCUT2D eigenvalue weighted by Crippen LogP contribution is -2.27. The highest BCUT2D eigenvalue weighted by atomic mass is 19.1. The Labute approximate surface area is 139 Å². The predicted molar refractivity (Wildman–Crippen MR) is 88.7 cm³/mol. The van der Waals surface area contributed by atoms with Crippen LogP contribution in [0.1, 0.15) is 22.5 Å². The minimum Gasteiger partial charge on any atom is -0.391 e. The highest BCUT2D eigenvalue weighted by Crippen LogP contribution is 2.24. The zero-order chi connectivity index (χ0) is 16.9. The van der Waals surface area contributed by atoms with Crippen LogP contribution in [0.5, 0.6) is 0 Å². The third-order valence-corrected chi connectivity index (χ3v) is 4.12. The topological polar surface area (TPSA) is 70.4 Å². The molecule has 0 spiro atoms. The number of anilines is 1. The van der Waals surface area contributed by atoms with Crippen LogP contribution in [0.4, 0.5) is 10.1 Å². The minimum absolute atomic E-state index is 0.146. The normalized spacial score (nSPS) is 17.2. The van der Waals surface area contributed by atoms with Gasteiger partial charge in [-0.1, -0.05) is 18.2 Å². The van der Waals surface area contributed by atoms with Crippen molar-refractivity contribution in [1.29, 1.82) is 0 Å². The quantitative estimate of drug-likeness (QED) is 0.838. The summed E-state index contributed by atoms with van der Waals surface area (Å²) in [6.07, 6.45) is 2.05. The van der Waals surface area contributed by atoms with Crippen LogP contribution in [-0.4, -0.2) is 46.7 Å². The van der Waals surface area contributed by atoms with Gasteiger partial charge in [-0.2, -0.15) is 5.10 Å². The number of aryl methyl sites for hydroxylation is 1. The number of rotatable bonds is 6. The Morgan fingerprint density at radius 2 is 2.21 bits per heavy atom. The number of aromatic nitrogens is 2. The van der Waals surface area contributed by atoms with Gasteiger partial charge in [-0.3, -0.25) is 9.48 Å². The smallest absolute Gasteiger partial charge is 0.272 e. The zero-order valence-electron chi connectivity index (χ0n) is 13.4. The number of aliphatic hydroxyl groups is 1. The Morgan fingerprint density at radius 1 is 1.38 bits per heavy atom. The number of nitrogens with zero attached hydrogens (tertiary/aromatic N) is 3. The molecule has 7 heteroatoms. The van der Waals surface area contributed by atoms with Gasteiger partial charge >= 0.3 is 0 Å². The van der Waals surface area contributed by atoms with Crippen LogP contribution >= 0.6 is 0 Å². The van der Waals surface area contributed by atoms with Gasteiger partial charge in [-0.05, 0) is 24.1 Å². The number of β-amino-alcohol motifs (C(OH)–C–C–N with tert-alkyl or cyclic N) is 1. The van der Waals surface area contributed by atoms with Crippen molar-refractivity contribution in [3.63, 3.8) is 0 Å². The van der Waals surface area contributed by atoms with Crippen molar-refractivity contribution in [3.05, 3.63) is 47.8 Å². The maximum absolute atomic E-state index is 12.3. The van der Waals surface area contributed by atoms with E-state index in [1.807, 2.05) is 24.3 Å². The number of nitrogens with one attached hydrogen (secondary N) is 1. The number of hydrogen-bond acceptors (Lipinski definition) is 4. The molecule has 1 aromatic heterocycles. The minimum atomic E-state index is -0.516. The second-order valence-corrected chi connectivity index (χ2v) is 5.85. The maximum atomic E-state index is 12.3. The third kappa shape index (κ3) is 3.73. The van der Waals surface area contributed by atoms with E-state index in [1.54, 1.807) is 12.3 Å². The number of alkyl halides is 1. The molecule has 24 heavy (non-hydrogen) atoms. The lowest BCUT2D eigenvalue weighted by molar-refractivity contribution is 0.0945. The summed E-state index contributed by atoms with van der Waals surface area (Å²) < 4.78 is 13.7. The first kappa shape index (κ1) is 16.4. The Morgan fingerprint density at radius 3 is 2.96 bits per heavy atom. The zero-order valence-corrected chi connectivity index (χ0v) is 13.4. The van der Waals surface area contributed by atoms with Crippen LogP contribution in [0.15, 0.2) is 36.5 Å². The van der Waals surface area contributed by atoms with Crippen LogP contribution in [0.2, 0.25) is 0 Å². The predicted octanol–water partition coefficient (Wildman–Crippen LogP) is 1.35. The molecular weight excluding hydrogens is 311 g/mol. The van der Waals surface area contributed by atoms with E-state index in [4.69, 9.17) is 0 Å². The van der Waals surface area contributed by atoms with Crippen LogP contribution in [0.3, 0.4) is 0 Å². The Hall–Kier alpha value is -2.41. The van der Waals surface area contributed by atoms with Crippen molar-refractivity contribution in [2.45, 2.75) is 25.6 Å². The molecule has 1 atom stereocenters. The van der Waals surface area contributed by atoms with Crippen molar-refractivity contribution in [3.8, 4) is 0 Å². The van der Waals surface area contributed by atoms with Crippen molar-refractivity contribution in [1.82, 2.24) is 15.1 Å². The van der Waals surface area contributed by atoms with E-state index in [2.05, 4.69) is 15.3 Å². The molecule has 128 valence electrons. The van der Waals surface area contributed by atoms with Gasteiger partial charge in [0.1, 0.15) is 12.4 Å². The number of para-hydroxylation sites is 1. The van der Waals surface area contributed by atoms with Crippen LogP contribution in [0.25, 0.3) is 0 Å². The van der Waals surface area contributed by atoms with E-state index < -0.39 is 6.67 Å². The Balaban J connectivity index is 1.64. The standard InChI is InChI=1S/C17H21FN4O2/c18-7-10-22-9-6-15(20-22)17(24)19-11-13-3-1-2-4-16(13)21-8-5-14(23)12-21/h1-4,6,9,14,23H,5,7-8,10-12H2,(H,19,24)/t14-/m1/s1.